The molecule has 0 saturated carbocycles. The minimum atomic E-state index is -3.39. The quantitative estimate of drug-likeness (QED) is 0.382. The summed E-state index contributed by atoms with van der Waals surface area (Å²) in [6, 6.07) is 19.0. The fourth-order valence-corrected chi connectivity index (χ4v) is 5.39. The van der Waals surface area contributed by atoms with E-state index >= 15 is 0 Å². The lowest BCUT2D eigenvalue weighted by Crippen LogP contribution is -2.30. The molecule has 35 heavy (non-hydrogen) atoms. The number of aromatic nitrogens is 3. The van der Waals surface area contributed by atoms with Crippen molar-refractivity contribution in [1.82, 2.24) is 19.9 Å². The number of nitrogens with zero attached hydrogens (tertiary/aromatic N) is 4. The van der Waals surface area contributed by atoms with E-state index in [4.69, 9.17) is 12.2 Å². The first-order chi connectivity index (χ1) is 16.8. The normalized spacial score (nSPS) is 17.9. The van der Waals surface area contributed by atoms with Crippen LogP contribution >= 0.6 is 12.2 Å². The minimum Gasteiger partial charge on any atom is -0.351 e. The summed E-state index contributed by atoms with van der Waals surface area (Å²) >= 11 is 5.83. The van der Waals surface area contributed by atoms with Gasteiger partial charge >= 0.3 is 0 Å². The molecule has 4 aromatic rings. The van der Waals surface area contributed by atoms with Crippen molar-refractivity contribution < 1.29 is 8.42 Å². The summed E-state index contributed by atoms with van der Waals surface area (Å²) in [5.74, 6) is 0. The molecule has 0 unspecified atom stereocenters. The number of benzene rings is 1. The van der Waals surface area contributed by atoms with Crippen molar-refractivity contribution in [2.45, 2.75) is 19.0 Å². The predicted octanol–water partition coefficient (Wildman–Crippen LogP) is 4.12. The summed E-state index contributed by atoms with van der Waals surface area (Å²) in [7, 11) is -3.39. The van der Waals surface area contributed by atoms with Gasteiger partial charge in [0.05, 0.1) is 23.7 Å². The van der Waals surface area contributed by atoms with Gasteiger partial charge in [-0.1, -0.05) is 6.07 Å². The number of rotatable bonds is 6. The van der Waals surface area contributed by atoms with Crippen LogP contribution < -0.4 is 14.9 Å². The Kier molecular flexibility index (Phi) is 6.00. The number of sulfonamides is 1. The number of thiocarbonyl (C=S) groups is 1. The Hall–Kier alpha value is -3.76. The van der Waals surface area contributed by atoms with Crippen LogP contribution in [0.4, 0.5) is 11.4 Å². The summed E-state index contributed by atoms with van der Waals surface area (Å²) in [5, 5.41) is 4.03. The Bertz CT molecular complexity index is 1470. The number of hydrogen-bond donors (Lipinski definition) is 2. The first kappa shape index (κ1) is 23.0. The highest BCUT2D eigenvalue weighted by molar-refractivity contribution is 7.92. The van der Waals surface area contributed by atoms with Crippen LogP contribution in [0.15, 0.2) is 85.5 Å². The van der Waals surface area contributed by atoms with Crippen molar-refractivity contribution >= 4 is 38.7 Å². The first-order valence-electron chi connectivity index (χ1n) is 11.0. The van der Waals surface area contributed by atoms with Gasteiger partial charge in [-0.15, -0.1) is 0 Å². The van der Waals surface area contributed by atoms with Gasteiger partial charge in [0.25, 0.3) is 0 Å². The second-order valence-electron chi connectivity index (χ2n) is 8.38. The Morgan fingerprint density at radius 3 is 2.49 bits per heavy atom. The molecule has 1 aromatic carbocycles. The van der Waals surface area contributed by atoms with E-state index in [1.54, 1.807) is 24.7 Å². The van der Waals surface area contributed by atoms with E-state index in [0.717, 1.165) is 34.6 Å². The maximum Gasteiger partial charge on any atom is 0.229 e. The fraction of sp³-hybridized carbons (Fsp3) is 0.160. The van der Waals surface area contributed by atoms with Gasteiger partial charge in [0.15, 0.2) is 5.11 Å². The third kappa shape index (κ3) is 4.62. The summed E-state index contributed by atoms with van der Waals surface area (Å²) < 4.78 is 28.2. The predicted molar refractivity (Wildman–Crippen MR) is 141 cm³/mol. The average Bonchev–Trinajstić information content (AvgIpc) is 3.45. The molecule has 2 atom stereocenters. The van der Waals surface area contributed by atoms with Gasteiger partial charge in [0.2, 0.25) is 10.0 Å². The number of aryl methyl sites for hydroxylation is 1. The Balaban J connectivity index is 1.63. The maximum absolute atomic E-state index is 11.8. The van der Waals surface area contributed by atoms with Gasteiger partial charge in [0.1, 0.15) is 6.04 Å². The Labute approximate surface area is 209 Å². The Morgan fingerprint density at radius 2 is 1.80 bits per heavy atom. The van der Waals surface area contributed by atoms with E-state index < -0.39 is 10.0 Å². The molecule has 10 heteroatoms. The van der Waals surface area contributed by atoms with Gasteiger partial charge in [-0.25, -0.2) is 8.42 Å². The molecule has 0 spiro atoms. The zero-order valence-electron chi connectivity index (χ0n) is 19.2. The second kappa shape index (κ2) is 9.12. The highest BCUT2D eigenvalue weighted by Crippen LogP contribution is 2.42. The molecule has 0 bridgehead atoms. The van der Waals surface area contributed by atoms with Gasteiger partial charge < -0.3 is 14.8 Å². The summed E-state index contributed by atoms with van der Waals surface area (Å²) in [5.41, 5.74) is 5.06. The van der Waals surface area contributed by atoms with Crippen molar-refractivity contribution in [3.63, 3.8) is 0 Å². The molecule has 0 aliphatic carbocycles. The zero-order chi connectivity index (χ0) is 24.6. The lowest BCUT2D eigenvalue weighted by atomic mass is 10.0. The molecule has 0 radical (unpaired) electrons. The molecule has 1 fully saturated rings. The molecule has 1 aliphatic heterocycles. The molecule has 1 saturated heterocycles. The smallest absolute Gasteiger partial charge is 0.229 e. The first-order valence-corrected chi connectivity index (χ1v) is 13.3. The molecule has 5 rings (SSSR count). The van der Waals surface area contributed by atoms with Crippen molar-refractivity contribution in [3.05, 3.63) is 102 Å². The van der Waals surface area contributed by atoms with Crippen LogP contribution in [0.25, 0.3) is 5.69 Å². The van der Waals surface area contributed by atoms with Gasteiger partial charge in [-0.05, 0) is 79.3 Å². The van der Waals surface area contributed by atoms with Crippen molar-refractivity contribution in [2.24, 2.45) is 0 Å². The van der Waals surface area contributed by atoms with E-state index in [2.05, 4.69) is 35.5 Å². The second-order valence-corrected chi connectivity index (χ2v) is 10.5. The zero-order valence-corrected chi connectivity index (χ0v) is 20.8. The van der Waals surface area contributed by atoms with Crippen LogP contribution in [0, 0.1) is 6.92 Å². The van der Waals surface area contributed by atoms with Crippen LogP contribution in [0.5, 0.6) is 0 Å². The van der Waals surface area contributed by atoms with Crippen LogP contribution in [0.1, 0.15) is 29.0 Å². The van der Waals surface area contributed by atoms with Gasteiger partial charge in [0, 0.05) is 41.9 Å². The third-order valence-corrected chi connectivity index (χ3v) is 6.81. The SMILES string of the molecule is Cc1cc(N2C(=S)N[C@@H](c3ccccn3)[C@H]2c2cccn2-c2ccncc2)ccc1NS(C)(=O)=O. The molecule has 2 N–H and O–H groups in total. The fourth-order valence-electron chi connectivity index (χ4n) is 4.42. The van der Waals surface area contributed by atoms with E-state index in [1.807, 2.05) is 61.7 Å². The number of hydrogen-bond acceptors (Lipinski definition) is 5. The summed E-state index contributed by atoms with van der Waals surface area (Å²) in [6.45, 7) is 1.87. The lowest BCUT2D eigenvalue weighted by Gasteiger charge is -2.29. The van der Waals surface area contributed by atoms with Crippen LogP contribution in [-0.4, -0.2) is 34.3 Å². The molecule has 0 amide bonds. The van der Waals surface area contributed by atoms with E-state index in [-0.39, 0.29) is 12.1 Å². The molecule has 4 heterocycles. The summed E-state index contributed by atoms with van der Waals surface area (Å²) in [4.78, 5) is 10.8. The topological polar surface area (TPSA) is 92.2 Å². The number of nitrogens with one attached hydrogen (secondary N) is 2. The molecule has 8 nitrogen and oxygen atoms in total. The number of pyridine rings is 2. The highest BCUT2D eigenvalue weighted by Gasteiger charge is 2.42. The monoisotopic (exact) mass is 504 g/mol. The largest absolute Gasteiger partial charge is 0.351 e. The van der Waals surface area contributed by atoms with Crippen LogP contribution in [-0.2, 0) is 10.0 Å². The number of anilines is 2. The average molecular weight is 505 g/mol. The van der Waals surface area contributed by atoms with Crippen LogP contribution in [0.2, 0.25) is 0 Å². The minimum absolute atomic E-state index is 0.201. The van der Waals surface area contributed by atoms with Gasteiger partial charge in [-0.2, -0.15) is 0 Å². The molecule has 1 aliphatic rings. The standard InChI is InChI=1S/C25H24N6O2S2/c1-17-16-19(8-9-20(17)29-35(2,32)33)31-24(23(28-25(31)34)21-6-3-4-12-27-21)22-7-5-15-30(22)18-10-13-26-14-11-18/h3-16,23-24,29H,1-2H3,(H,28,34)/t23-,24+/m0/s1. The van der Waals surface area contributed by atoms with E-state index in [1.165, 1.54) is 0 Å². The highest BCUT2D eigenvalue weighted by atomic mass is 32.2. The van der Waals surface area contributed by atoms with Crippen LogP contribution in [0.3, 0.4) is 0 Å². The maximum atomic E-state index is 11.8. The molecular weight excluding hydrogens is 480 g/mol. The van der Waals surface area contributed by atoms with Gasteiger partial charge in [-0.3, -0.25) is 14.7 Å². The van der Waals surface area contributed by atoms with E-state index in [9.17, 15) is 8.42 Å². The molecular formula is C25H24N6O2S2. The van der Waals surface area contributed by atoms with Crippen molar-refractivity contribution in [3.8, 4) is 5.69 Å². The van der Waals surface area contributed by atoms with Crippen molar-refractivity contribution in [2.75, 3.05) is 15.9 Å². The van der Waals surface area contributed by atoms with E-state index in [0.29, 0.717) is 10.8 Å². The molecule has 178 valence electrons. The molecule has 3 aromatic heterocycles. The van der Waals surface area contributed by atoms with Crippen molar-refractivity contribution in [1.29, 1.82) is 0 Å². The third-order valence-electron chi connectivity index (χ3n) is 5.91. The summed E-state index contributed by atoms with van der Waals surface area (Å²) in [6.07, 6.45) is 8.46. The Morgan fingerprint density at radius 1 is 1.00 bits per heavy atom. The lowest BCUT2D eigenvalue weighted by molar-refractivity contribution is 0.549.